The first-order valence-electron chi connectivity index (χ1n) is 9.69. The van der Waals surface area contributed by atoms with Crippen molar-refractivity contribution in [3.63, 3.8) is 0 Å². The highest BCUT2D eigenvalue weighted by molar-refractivity contribution is 7.09. The predicted octanol–water partition coefficient (Wildman–Crippen LogP) is 5.81. The fourth-order valence-electron chi connectivity index (χ4n) is 3.06. The van der Waals surface area contributed by atoms with Crippen LogP contribution in [0.1, 0.15) is 101 Å². The molecule has 1 heterocycles. The second-order valence-electron chi connectivity index (χ2n) is 7.21. The van der Waals surface area contributed by atoms with E-state index in [-0.39, 0.29) is 5.78 Å². The van der Waals surface area contributed by atoms with Crippen LogP contribution in [0.5, 0.6) is 0 Å². The van der Waals surface area contributed by atoms with E-state index in [1.54, 1.807) is 18.3 Å². The Balaban J connectivity index is 2.65. The van der Waals surface area contributed by atoms with Crippen LogP contribution in [0.25, 0.3) is 0 Å². The topological polar surface area (TPSA) is 42.0 Å². The van der Waals surface area contributed by atoms with E-state index >= 15 is 0 Å². The van der Waals surface area contributed by atoms with Crippen molar-refractivity contribution < 1.29 is 4.79 Å². The number of aromatic nitrogens is 1. The summed E-state index contributed by atoms with van der Waals surface area (Å²) in [6, 6.07) is 0.521. The van der Waals surface area contributed by atoms with E-state index in [9.17, 15) is 4.79 Å². The van der Waals surface area contributed by atoms with Gasteiger partial charge in [0.2, 0.25) is 0 Å². The third kappa shape index (κ3) is 7.43. The highest BCUT2D eigenvalue weighted by Crippen LogP contribution is 2.30. The molecule has 138 valence electrons. The van der Waals surface area contributed by atoms with E-state index in [1.807, 2.05) is 5.38 Å². The molecule has 2 unspecified atom stereocenters. The van der Waals surface area contributed by atoms with Gasteiger partial charge in [-0.25, -0.2) is 4.98 Å². The molecule has 1 N–H and O–H groups in total. The van der Waals surface area contributed by atoms with Gasteiger partial charge in [-0.05, 0) is 31.7 Å². The van der Waals surface area contributed by atoms with Crippen LogP contribution in [0.2, 0.25) is 0 Å². The van der Waals surface area contributed by atoms with Gasteiger partial charge < -0.3 is 5.32 Å². The molecule has 3 nitrogen and oxygen atoms in total. The number of nitrogens with zero attached hydrogens (tertiary/aromatic N) is 1. The summed E-state index contributed by atoms with van der Waals surface area (Å²) >= 11 is 1.65. The minimum absolute atomic E-state index is 0.0715. The smallest absolute Gasteiger partial charge is 0.178 e. The van der Waals surface area contributed by atoms with Crippen LogP contribution in [0, 0.1) is 5.92 Å². The molecule has 0 saturated heterocycles. The van der Waals surface area contributed by atoms with Gasteiger partial charge >= 0.3 is 0 Å². The highest BCUT2D eigenvalue weighted by atomic mass is 32.1. The predicted molar refractivity (Wildman–Crippen MR) is 105 cm³/mol. The summed E-state index contributed by atoms with van der Waals surface area (Å²) < 4.78 is 0. The standard InChI is InChI=1S/C20H36N2OS/c1-6-8-9-10-12-21-18(15(3)4)13-17(11-7-2)20-22-19(14-24-20)16(5)23/h14-15,17-18,21H,6-13H2,1-5H3. The molecule has 0 bridgehead atoms. The van der Waals surface area contributed by atoms with Gasteiger partial charge in [0.25, 0.3) is 0 Å². The van der Waals surface area contributed by atoms with Crippen molar-refractivity contribution >= 4 is 17.1 Å². The molecule has 2 atom stereocenters. The SMILES string of the molecule is CCCCCCNC(CC(CCC)c1nc(C(C)=O)cs1)C(C)C. The zero-order chi connectivity index (χ0) is 17.9. The van der Waals surface area contributed by atoms with Crippen LogP contribution in [0.3, 0.4) is 0 Å². The second-order valence-corrected chi connectivity index (χ2v) is 8.10. The molecular weight excluding hydrogens is 316 g/mol. The first kappa shape index (κ1) is 21.3. The largest absolute Gasteiger partial charge is 0.314 e. The van der Waals surface area contributed by atoms with Crippen LogP contribution < -0.4 is 5.32 Å². The van der Waals surface area contributed by atoms with E-state index in [4.69, 9.17) is 0 Å². The van der Waals surface area contributed by atoms with Crippen LogP contribution in [0.4, 0.5) is 0 Å². The number of unbranched alkanes of at least 4 members (excludes halogenated alkanes) is 3. The number of thiazole rings is 1. The Morgan fingerprint density at radius 3 is 2.50 bits per heavy atom. The van der Waals surface area contributed by atoms with Gasteiger partial charge in [-0.2, -0.15) is 0 Å². The first-order chi connectivity index (χ1) is 11.5. The second kappa shape index (κ2) is 11.8. The lowest BCUT2D eigenvalue weighted by molar-refractivity contribution is 0.101. The first-order valence-corrected chi connectivity index (χ1v) is 10.6. The van der Waals surface area contributed by atoms with Crippen molar-refractivity contribution in [1.29, 1.82) is 0 Å². The van der Waals surface area contributed by atoms with Gasteiger partial charge in [0.15, 0.2) is 5.78 Å². The maximum atomic E-state index is 11.5. The minimum Gasteiger partial charge on any atom is -0.314 e. The molecule has 0 aliphatic heterocycles. The van der Waals surface area contributed by atoms with Gasteiger partial charge in [0.1, 0.15) is 5.69 Å². The molecular formula is C20H36N2OS. The lowest BCUT2D eigenvalue weighted by Gasteiger charge is -2.26. The van der Waals surface area contributed by atoms with E-state index in [1.165, 1.54) is 25.7 Å². The average molecular weight is 353 g/mol. The summed E-state index contributed by atoms with van der Waals surface area (Å²) in [4.78, 5) is 16.1. The van der Waals surface area contributed by atoms with Crippen molar-refractivity contribution in [1.82, 2.24) is 10.3 Å². The molecule has 0 aromatic carbocycles. The third-order valence-corrected chi connectivity index (χ3v) is 5.66. The van der Waals surface area contributed by atoms with Crippen LogP contribution in [-0.2, 0) is 0 Å². The molecule has 0 spiro atoms. The Labute approximate surface area is 152 Å². The van der Waals surface area contributed by atoms with Crippen LogP contribution in [0.15, 0.2) is 5.38 Å². The quantitative estimate of drug-likeness (QED) is 0.359. The van der Waals surface area contributed by atoms with Crippen molar-refractivity contribution in [3.8, 4) is 0 Å². The fourth-order valence-corrected chi connectivity index (χ4v) is 4.07. The lowest BCUT2D eigenvalue weighted by atomic mass is 9.90. The van der Waals surface area contributed by atoms with Crippen molar-refractivity contribution in [2.45, 2.75) is 91.5 Å². The average Bonchev–Trinajstić information content (AvgIpc) is 3.02. The molecule has 1 rings (SSSR count). The van der Waals surface area contributed by atoms with Crippen molar-refractivity contribution in [2.24, 2.45) is 5.92 Å². The van der Waals surface area contributed by atoms with Crippen LogP contribution >= 0.6 is 11.3 Å². The number of hydrogen-bond acceptors (Lipinski definition) is 4. The summed E-state index contributed by atoms with van der Waals surface area (Å²) in [5.74, 6) is 1.15. The normalized spacial score (nSPS) is 14.1. The van der Waals surface area contributed by atoms with Gasteiger partial charge in [-0.15, -0.1) is 11.3 Å². The van der Waals surface area contributed by atoms with E-state index in [2.05, 4.69) is 38.0 Å². The summed E-state index contributed by atoms with van der Waals surface area (Å²) in [6.45, 7) is 11.8. The minimum atomic E-state index is 0.0715. The maximum absolute atomic E-state index is 11.5. The number of carbonyl (C=O) groups excluding carboxylic acids is 1. The molecule has 0 aliphatic carbocycles. The molecule has 4 heteroatoms. The van der Waals surface area contributed by atoms with Gasteiger partial charge in [-0.1, -0.05) is 53.4 Å². The molecule has 0 aliphatic rings. The molecule has 0 saturated carbocycles. The number of ketones is 1. The summed E-state index contributed by atoms with van der Waals surface area (Å²) in [5.41, 5.74) is 0.629. The van der Waals surface area contributed by atoms with E-state index in [0.29, 0.717) is 23.6 Å². The van der Waals surface area contributed by atoms with Gasteiger partial charge in [0.05, 0.1) is 5.01 Å². The molecule has 24 heavy (non-hydrogen) atoms. The Morgan fingerprint density at radius 2 is 1.96 bits per heavy atom. The van der Waals surface area contributed by atoms with Crippen LogP contribution in [-0.4, -0.2) is 23.4 Å². The third-order valence-electron chi connectivity index (χ3n) is 4.65. The Bertz CT molecular complexity index is 470. The lowest BCUT2D eigenvalue weighted by Crippen LogP contribution is -2.36. The number of nitrogens with one attached hydrogen (secondary N) is 1. The van der Waals surface area contributed by atoms with E-state index in [0.717, 1.165) is 30.8 Å². The van der Waals surface area contributed by atoms with E-state index < -0.39 is 0 Å². The molecule has 1 aromatic rings. The molecule has 1 aromatic heterocycles. The number of Topliss-reactive ketones (excluding diaryl/α,β-unsaturated/α-hetero) is 1. The molecule has 0 fully saturated rings. The van der Waals surface area contributed by atoms with Crippen molar-refractivity contribution in [3.05, 3.63) is 16.1 Å². The monoisotopic (exact) mass is 352 g/mol. The van der Waals surface area contributed by atoms with Gasteiger partial charge in [0, 0.05) is 24.3 Å². The summed E-state index contributed by atoms with van der Waals surface area (Å²) in [6.07, 6.45) is 8.62. The number of hydrogen-bond donors (Lipinski definition) is 1. The number of carbonyl (C=O) groups is 1. The molecule has 0 radical (unpaired) electrons. The maximum Gasteiger partial charge on any atom is 0.178 e. The van der Waals surface area contributed by atoms with Gasteiger partial charge in [-0.3, -0.25) is 4.79 Å². The highest BCUT2D eigenvalue weighted by Gasteiger charge is 2.22. The Morgan fingerprint density at radius 1 is 1.21 bits per heavy atom. The summed E-state index contributed by atoms with van der Waals surface area (Å²) in [5, 5.41) is 6.84. The molecule has 0 amide bonds. The zero-order valence-electron chi connectivity index (χ0n) is 16.2. The fraction of sp³-hybridized carbons (Fsp3) is 0.800. The number of rotatable bonds is 13. The summed E-state index contributed by atoms with van der Waals surface area (Å²) in [7, 11) is 0. The van der Waals surface area contributed by atoms with Crippen molar-refractivity contribution in [2.75, 3.05) is 6.54 Å². The zero-order valence-corrected chi connectivity index (χ0v) is 17.0. The Hall–Kier alpha value is -0.740. The Kier molecular flexibility index (Phi) is 10.4.